The largest absolute Gasteiger partial charge is 0.497 e. The first kappa shape index (κ1) is 24.4. The standard InChI is InChI=1S/C27H32N2O4S/c1-32-23-12-10-21(11-13-23)27-25(22-4-3-5-24(14-22)34-2)16-29(28-27)15-19-6-8-20(9-7-19)17-33-18-26(30)31/h3-5,10-14,16,19-20H,6-9,15,17-18H2,1-2H3,(H,30,31). The van der Waals surface area contributed by atoms with E-state index >= 15 is 0 Å². The smallest absolute Gasteiger partial charge is 0.329 e. The summed E-state index contributed by atoms with van der Waals surface area (Å²) in [5.41, 5.74) is 4.36. The molecule has 1 heterocycles. The van der Waals surface area contributed by atoms with Crippen LogP contribution in [-0.2, 0) is 16.1 Å². The number of rotatable bonds is 10. The number of nitrogens with zero attached hydrogens (tertiary/aromatic N) is 2. The van der Waals surface area contributed by atoms with Crippen LogP contribution in [0.1, 0.15) is 25.7 Å². The summed E-state index contributed by atoms with van der Waals surface area (Å²) < 4.78 is 12.8. The SMILES string of the molecule is COc1ccc(-c2nn(CC3CCC(COCC(=O)O)CC3)cc2-c2cccc(SC)c2)cc1. The van der Waals surface area contributed by atoms with E-state index in [1.54, 1.807) is 18.9 Å². The van der Waals surface area contributed by atoms with Crippen molar-refractivity contribution in [2.24, 2.45) is 11.8 Å². The van der Waals surface area contributed by atoms with Gasteiger partial charge in [0.05, 0.1) is 13.7 Å². The van der Waals surface area contributed by atoms with E-state index in [4.69, 9.17) is 19.7 Å². The number of carbonyl (C=O) groups is 1. The lowest BCUT2D eigenvalue weighted by molar-refractivity contribution is -0.142. The van der Waals surface area contributed by atoms with E-state index in [9.17, 15) is 4.79 Å². The van der Waals surface area contributed by atoms with Gasteiger partial charge in [-0.3, -0.25) is 4.68 Å². The Morgan fingerprint density at radius 3 is 2.50 bits per heavy atom. The van der Waals surface area contributed by atoms with Gasteiger partial charge in [-0.2, -0.15) is 5.10 Å². The summed E-state index contributed by atoms with van der Waals surface area (Å²) in [4.78, 5) is 11.9. The molecule has 1 fully saturated rings. The molecule has 4 rings (SSSR count). The Morgan fingerprint density at radius 1 is 1.09 bits per heavy atom. The average molecular weight is 481 g/mol. The molecule has 0 radical (unpaired) electrons. The highest BCUT2D eigenvalue weighted by molar-refractivity contribution is 7.98. The fourth-order valence-corrected chi connectivity index (χ4v) is 5.10. The molecule has 1 aliphatic rings. The monoisotopic (exact) mass is 480 g/mol. The van der Waals surface area contributed by atoms with Crippen molar-refractivity contribution in [2.75, 3.05) is 26.6 Å². The zero-order valence-corrected chi connectivity index (χ0v) is 20.6. The second-order valence-electron chi connectivity index (χ2n) is 8.87. The molecule has 0 atom stereocenters. The van der Waals surface area contributed by atoms with Crippen LogP contribution in [0.25, 0.3) is 22.4 Å². The molecule has 1 N–H and O–H groups in total. The maximum absolute atomic E-state index is 10.7. The summed E-state index contributed by atoms with van der Waals surface area (Å²) in [5.74, 6) is 0.940. The summed E-state index contributed by atoms with van der Waals surface area (Å²) >= 11 is 1.74. The number of thioether (sulfide) groups is 1. The molecule has 0 bridgehead atoms. The van der Waals surface area contributed by atoms with Crippen LogP contribution >= 0.6 is 11.8 Å². The lowest BCUT2D eigenvalue weighted by Crippen LogP contribution is -2.23. The van der Waals surface area contributed by atoms with Crippen molar-refractivity contribution in [3.8, 4) is 28.1 Å². The molecule has 0 saturated heterocycles. The van der Waals surface area contributed by atoms with Crippen LogP contribution in [0, 0.1) is 11.8 Å². The first-order valence-corrected chi connectivity index (χ1v) is 12.9. The summed E-state index contributed by atoms with van der Waals surface area (Å²) in [5, 5.41) is 13.8. The van der Waals surface area contributed by atoms with E-state index < -0.39 is 5.97 Å². The van der Waals surface area contributed by atoms with E-state index in [2.05, 4.69) is 53.5 Å². The number of carboxylic acids is 1. The Kier molecular flexibility index (Phi) is 8.29. The van der Waals surface area contributed by atoms with Gasteiger partial charge in [-0.1, -0.05) is 12.1 Å². The number of ether oxygens (including phenoxy) is 2. The maximum atomic E-state index is 10.7. The van der Waals surface area contributed by atoms with Crippen LogP contribution in [0.4, 0.5) is 0 Å². The minimum Gasteiger partial charge on any atom is -0.497 e. The van der Waals surface area contributed by atoms with Gasteiger partial charge in [-0.15, -0.1) is 11.8 Å². The Hall–Kier alpha value is -2.77. The van der Waals surface area contributed by atoms with Gasteiger partial charge in [0, 0.05) is 28.8 Å². The summed E-state index contributed by atoms with van der Waals surface area (Å²) in [6.07, 6.45) is 8.63. The molecular weight excluding hydrogens is 448 g/mol. The van der Waals surface area contributed by atoms with E-state index in [1.165, 1.54) is 10.5 Å². The molecular formula is C27H32N2O4S. The van der Waals surface area contributed by atoms with E-state index in [-0.39, 0.29) is 6.61 Å². The lowest BCUT2D eigenvalue weighted by Gasteiger charge is -2.28. The number of hydrogen-bond acceptors (Lipinski definition) is 5. The van der Waals surface area contributed by atoms with Gasteiger partial charge in [0.15, 0.2) is 0 Å². The molecule has 0 amide bonds. The third-order valence-electron chi connectivity index (χ3n) is 6.50. The van der Waals surface area contributed by atoms with Crippen LogP contribution in [0.5, 0.6) is 5.75 Å². The summed E-state index contributed by atoms with van der Waals surface area (Å²) in [6.45, 7) is 1.22. The summed E-state index contributed by atoms with van der Waals surface area (Å²) in [6, 6.07) is 16.7. The average Bonchev–Trinajstić information content (AvgIpc) is 3.29. The Morgan fingerprint density at radius 2 is 1.82 bits per heavy atom. The van der Waals surface area contributed by atoms with E-state index in [0.717, 1.165) is 54.8 Å². The van der Waals surface area contributed by atoms with Crippen molar-refractivity contribution in [3.63, 3.8) is 0 Å². The van der Waals surface area contributed by atoms with Crippen molar-refractivity contribution in [2.45, 2.75) is 37.1 Å². The molecule has 1 aromatic heterocycles. The Labute approximate surface area is 205 Å². The van der Waals surface area contributed by atoms with Gasteiger partial charge in [-0.05, 0) is 85.7 Å². The number of benzene rings is 2. The highest BCUT2D eigenvalue weighted by atomic mass is 32.2. The number of aliphatic carboxylic acids is 1. The number of carboxylic acid groups (broad SMARTS) is 1. The van der Waals surface area contributed by atoms with E-state index in [1.807, 2.05) is 12.1 Å². The second kappa shape index (κ2) is 11.6. The highest BCUT2D eigenvalue weighted by Gasteiger charge is 2.23. The quantitative estimate of drug-likeness (QED) is 0.367. The first-order chi connectivity index (χ1) is 16.6. The minimum absolute atomic E-state index is 0.206. The van der Waals surface area contributed by atoms with Crippen LogP contribution in [0.15, 0.2) is 59.6 Å². The van der Waals surface area contributed by atoms with Crippen molar-refractivity contribution in [1.82, 2.24) is 9.78 Å². The molecule has 0 spiro atoms. The third-order valence-corrected chi connectivity index (χ3v) is 7.22. The predicted molar refractivity (Wildman–Crippen MR) is 135 cm³/mol. The van der Waals surface area contributed by atoms with Crippen LogP contribution < -0.4 is 4.74 Å². The first-order valence-electron chi connectivity index (χ1n) is 11.7. The lowest BCUT2D eigenvalue weighted by atomic mass is 9.82. The predicted octanol–water partition coefficient (Wildman–Crippen LogP) is 5.86. The van der Waals surface area contributed by atoms with Gasteiger partial charge < -0.3 is 14.6 Å². The van der Waals surface area contributed by atoms with Gasteiger partial charge in [-0.25, -0.2) is 4.79 Å². The normalized spacial score (nSPS) is 18.1. The van der Waals surface area contributed by atoms with Crippen molar-refractivity contribution in [3.05, 3.63) is 54.7 Å². The maximum Gasteiger partial charge on any atom is 0.329 e. The fraction of sp³-hybridized carbons (Fsp3) is 0.407. The molecule has 0 unspecified atom stereocenters. The van der Waals surface area contributed by atoms with Gasteiger partial charge in [0.1, 0.15) is 18.1 Å². The van der Waals surface area contributed by atoms with E-state index in [0.29, 0.717) is 18.4 Å². The molecule has 34 heavy (non-hydrogen) atoms. The highest BCUT2D eigenvalue weighted by Crippen LogP contribution is 2.35. The molecule has 180 valence electrons. The van der Waals surface area contributed by atoms with Crippen LogP contribution in [0.2, 0.25) is 0 Å². The second-order valence-corrected chi connectivity index (χ2v) is 9.75. The molecule has 3 aromatic rings. The molecule has 2 aromatic carbocycles. The van der Waals surface area contributed by atoms with Crippen molar-refractivity contribution < 1.29 is 19.4 Å². The van der Waals surface area contributed by atoms with Gasteiger partial charge in [0.2, 0.25) is 0 Å². The molecule has 0 aliphatic heterocycles. The van der Waals surface area contributed by atoms with Crippen LogP contribution in [0.3, 0.4) is 0 Å². The topological polar surface area (TPSA) is 73.6 Å². The molecule has 1 saturated carbocycles. The number of hydrogen-bond donors (Lipinski definition) is 1. The van der Waals surface area contributed by atoms with Crippen LogP contribution in [-0.4, -0.2) is 47.4 Å². The zero-order chi connectivity index (χ0) is 23.9. The minimum atomic E-state index is -0.904. The molecule has 6 nitrogen and oxygen atoms in total. The van der Waals surface area contributed by atoms with Gasteiger partial charge in [0.25, 0.3) is 0 Å². The molecule has 1 aliphatic carbocycles. The summed E-state index contributed by atoms with van der Waals surface area (Å²) in [7, 11) is 1.68. The van der Waals surface area contributed by atoms with Crippen molar-refractivity contribution >= 4 is 17.7 Å². The molecule has 7 heteroatoms. The zero-order valence-electron chi connectivity index (χ0n) is 19.8. The Balaban J connectivity index is 1.51. The third kappa shape index (κ3) is 6.21. The number of aromatic nitrogens is 2. The number of methoxy groups -OCH3 is 1. The Bertz CT molecular complexity index is 1090. The van der Waals surface area contributed by atoms with Gasteiger partial charge >= 0.3 is 5.97 Å². The van der Waals surface area contributed by atoms with Crippen molar-refractivity contribution in [1.29, 1.82) is 0 Å². The fourth-order valence-electron chi connectivity index (χ4n) is 4.64.